The van der Waals surface area contributed by atoms with Gasteiger partial charge in [-0.1, -0.05) is 6.92 Å². The molecule has 0 bridgehead atoms. The molecular formula is C11H26N2O. The third-order valence-electron chi connectivity index (χ3n) is 2.34. The first-order valence-corrected chi connectivity index (χ1v) is 5.76. The molecule has 86 valence electrons. The predicted octanol–water partition coefficient (Wildman–Crippen LogP) is 1.47. The number of rotatable bonds is 9. The van der Waals surface area contributed by atoms with E-state index in [0.29, 0.717) is 6.04 Å². The molecule has 0 saturated heterocycles. The molecule has 0 aromatic heterocycles. The van der Waals surface area contributed by atoms with Crippen molar-refractivity contribution in [1.29, 1.82) is 0 Å². The quantitative estimate of drug-likeness (QED) is 0.575. The summed E-state index contributed by atoms with van der Waals surface area (Å²) in [7, 11) is 0. The highest BCUT2D eigenvalue weighted by molar-refractivity contribution is 4.59. The molecule has 2 N–H and O–H groups in total. The minimum absolute atomic E-state index is 0.334. The third kappa shape index (κ3) is 8.48. The van der Waals surface area contributed by atoms with Gasteiger partial charge in [0.05, 0.1) is 6.61 Å². The Labute approximate surface area is 88.6 Å². The first-order valence-electron chi connectivity index (χ1n) is 5.76. The predicted molar refractivity (Wildman–Crippen MR) is 61.5 cm³/mol. The van der Waals surface area contributed by atoms with Gasteiger partial charge in [-0.15, -0.1) is 0 Å². The molecule has 14 heavy (non-hydrogen) atoms. The summed E-state index contributed by atoms with van der Waals surface area (Å²) in [5.41, 5.74) is 5.70. The van der Waals surface area contributed by atoms with Gasteiger partial charge >= 0.3 is 0 Å². The molecule has 0 aromatic carbocycles. The van der Waals surface area contributed by atoms with Gasteiger partial charge in [0.1, 0.15) is 0 Å². The molecule has 1 unspecified atom stereocenters. The highest BCUT2D eigenvalue weighted by Crippen LogP contribution is 1.97. The van der Waals surface area contributed by atoms with Crippen LogP contribution in [-0.2, 0) is 4.74 Å². The molecule has 0 radical (unpaired) electrons. The molecule has 0 aromatic rings. The zero-order valence-electron chi connectivity index (χ0n) is 9.96. The lowest BCUT2D eigenvalue weighted by Crippen LogP contribution is -2.29. The van der Waals surface area contributed by atoms with Gasteiger partial charge in [0, 0.05) is 19.2 Å². The van der Waals surface area contributed by atoms with E-state index < -0.39 is 0 Å². The van der Waals surface area contributed by atoms with E-state index in [1.165, 1.54) is 6.42 Å². The molecule has 3 nitrogen and oxygen atoms in total. The Kier molecular flexibility index (Phi) is 9.35. The third-order valence-corrected chi connectivity index (χ3v) is 2.34. The Balaban J connectivity index is 3.38. The molecule has 0 aliphatic rings. The van der Waals surface area contributed by atoms with Crippen LogP contribution in [0.4, 0.5) is 0 Å². The molecule has 0 spiro atoms. The fraction of sp³-hybridized carbons (Fsp3) is 1.00. The van der Waals surface area contributed by atoms with Crippen molar-refractivity contribution >= 4 is 0 Å². The molecule has 0 saturated carbocycles. The summed E-state index contributed by atoms with van der Waals surface area (Å²) in [5.74, 6) is 0. The molecule has 0 rings (SSSR count). The van der Waals surface area contributed by atoms with Crippen LogP contribution < -0.4 is 5.73 Å². The van der Waals surface area contributed by atoms with Crippen LogP contribution in [0, 0.1) is 0 Å². The van der Waals surface area contributed by atoms with Gasteiger partial charge in [0.25, 0.3) is 0 Å². The van der Waals surface area contributed by atoms with Gasteiger partial charge in [-0.05, 0) is 39.8 Å². The summed E-state index contributed by atoms with van der Waals surface area (Å²) in [6, 6.07) is 0.334. The Morgan fingerprint density at radius 3 is 2.50 bits per heavy atom. The van der Waals surface area contributed by atoms with E-state index in [1.807, 2.05) is 6.92 Å². The summed E-state index contributed by atoms with van der Waals surface area (Å²) in [5, 5.41) is 0. The lowest BCUT2D eigenvalue weighted by Gasteiger charge is -2.20. The summed E-state index contributed by atoms with van der Waals surface area (Å²) < 4.78 is 5.33. The first-order chi connectivity index (χ1) is 6.70. The molecule has 0 aliphatic heterocycles. The Hall–Kier alpha value is -0.120. The smallest absolute Gasteiger partial charge is 0.0593 e. The largest absolute Gasteiger partial charge is 0.380 e. The normalized spacial score (nSPS) is 13.5. The maximum absolute atomic E-state index is 5.70. The number of hydrogen-bond donors (Lipinski definition) is 1. The lowest BCUT2D eigenvalue weighted by molar-refractivity contribution is 0.114. The SMILES string of the molecule is CCOCCN(CC)CCCC(C)N. The van der Waals surface area contributed by atoms with Crippen molar-refractivity contribution in [3.8, 4) is 0 Å². The number of ether oxygens (including phenoxy) is 1. The fourth-order valence-corrected chi connectivity index (χ4v) is 1.40. The zero-order chi connectivity index (χ0) is 10.8. The summed E-state index contributed by atoms with van der Waals surface area (Å²) in [6.45, 7) is 11.3. The Morgan fingerprint density at radius 2 is 2.00 bits per heavy atom. The number of hydrogen-bond acceptors (Lipinski definition) is 3. The van der Waals surface area contributed by atoms with Crippen LogP contribution in [0.5, 0.6) is 0 Å². The second kappa shape index (κ2) is 9.44. The van der Waals surface area contributed by atoms with Gasteiger partial charge in [-0.3, -0.25) is 0 Å². The van der Waals surface area contributed by atoms with Gasteiger partial charge in [-0.2, -0.15) is 0 Å². The second-order valence-corrected chi connectivity index (χ2v) is 3.75. The summed E-state index contributed by atoms with van der Waals surface area (Å²) in [4.78, 5) is 2.41. The first kappa shape index (κ1) is 13.9. The van der Waals surface area contributed by atoms with Gasteiger partial charge in [-0.25, -0.2) is 0 Å². The molecular weight excluding hydrogens is 176 g/mol. The van der Waals surface area contributed by atoms with Crippen molar-refractivity contribution in [1.82, 2.24) is 4.90 Å². The molecule has 1 atom stereocenters. The molecule has 0 heterocycles. The Bertz CT molecular complexity index is 118. The van der Waals surface area contributed by atoms with E-state index in [-0.39, 0.29) is 0 Å². The van der Waals surface area contributed by atoms with E-state index >= 15 is 0 Å². The van der Waals surface area contributed by atoms with Crippen molar-refractivity contribution in [3.63, 3.8) is 0 Å². The van der Waals surface area contributed by atoms with E-state index in [0.717, 1.165) is 39.3 Å². The molecule has 0 aliphatic carbocycles. The summed E-state index contributed by atoms with van der Waals surface area (Å²) >= 11 is 0. The van der Waals surface area contributed by atoms with E-state index in [4.69, 9.17) is 10.5 Å². The van der Waals surface area contributed by atoms with Crippen LogP contribution in [0.3, 0.4) is 0 Å². The van der Waals surface area contributed by atoms with E-state index in [1.54, 1.807) is 0 Å². The van der Waals surface area contributed by atoms with Crippen molar-refractivity contribution in [2.45, 2.75) is 39.7 Å². The maximum atomic E-state index is 5.70. The van der Waals surface area contributed by atoms with Crippen LogP contribution >= 0.6 is 0 Å². The number of nitrogens with two attached hydrogens (primary N) is 1. The number of likely N-dealkylation sites (N-methyl/N-ethyl adjacent to an activating group) is 1. The fourth-order valence-electron chi connectivity index (χ4n) is 1.40. The average Bonchev–Trinajstić information content (AvgIpc) is 2.15. The number of nitrogens with zero attached hydrogens (tertiary/aromatic N) is 1. The zero-order valence-corrected chi connectivity index (χ0v) is 9.96. The maximum Gasteiger partial charge on any atom is 0.0593 e. The van der Waals surface area contributed by atoms with Gasteiger partial charge in [0.2, 0.25) is 0 Å². The minimum Gasteiger partial charge on any atom is -0.380 e. The van der Waals surface area contributed by atoms with Crippen LogP contribution in [0.2, 0.25) is 0 Å². The Morgan fingerprint density at radius 1 is 1.29 bits per heavy atom. The van der Waals surface area contributed by atoms with Gasteiger partial charge < -0.3 is 15.4 Å². The van der Waals surface area contributed by atoms with E-state index in [2.05, 4.69) is 18.7 Å². The lowest BCUT2D eigenvalue weighted by atomic mass is 10.2. The molecule has 0 fully saturated rings. The van der Waals surface area contributed by atoms with Gasteiger partial charge in [0.15, 0.2) is 0 Å². The molecule has 0 amide bonds. The standard InChI is InChI=1S/C11H26N2O/c1-4-13(9-10-14-5-2)8-6-7-11(3)12/h11H,4-10,12H2,1-3H3. The van der Waals surface area contributed by atoms with Crippen molar-refractivity contribution in [2.75, 3.05) is 32.8 Å². The average molecular weight is 202 g/mol. The summed E-state index contributed by atoms with van der Waals surface area (Å²) in [6.07, 6.45) is 2.31. The van der Waals surface area contributed by atoms with Crippen LogP contribution in [-0.4, -0.2) is 43.8 Å². The minimum atomic E-state index is 0.334. The van der Waals surface area contributed by atoms with Crippen LogP contribution in [0.1, 0.15) is 33.6 Å². The van der Waals surface area contributed by atoms with E-state index in [9.17, 15) is 0 Å². The molecule has 3 heteroatoms. The van der Waals surface area contributed by atoms with Crippen LogP contribution in [0.25, 0.3) is 0 Å². The van der Waals surface area contributed by atoms with Crippen molar-refractivity contribution < 1.29 is 4.74 Å². The second-order valence-electron chi connectivity index (χ2n) is 3.75. The van der Waals surface area contributed by atoms with Crippen LogP contribution in [0.15, 0.2) is 0 Å². The highest BCUT2D eigenvalue weighted by atomic mass is 16.5. The topological polar surface area (TPSA) is 38.5 Å². The highest BCUT2D eigenvalue weighted by Gasteiger charge is 2.02. The van der Waals surface area contributed by atoms with Crippen molar-refractivity contribution in [3.05, 3.63) is 0 Å². The van der Waals surface area contributed by atoms with Crippen molar-refractivity contribution in [2.24, 2.45) is 5.73 Å². The monoisotopic (exact) mass is 202 g/mol.